The molecule has 26 heavy (non-hydrogen) atoms. The van der Waals surface area contributed by atoms with Crippen LogP contribution in [0.5, 0.6) is 5.75 Å². The number of benzene rings is 2. The third-order valence-electron chi connectivity index (χ3n) is 4.44. The Morgan fingerprint density at radius 3 is 2.12 bits per heavy atom. The molecule has 0 aliphatic rings. The quantitative estimate of drug-likeness (QED) is 0.249. The van der Waals surface area contributed by atoms with Gasteiger partial charge in [0.15, 0.2) is 0 Å². The van der Waals surface area contributed by atoms with Crippen molar-refractivity contribution < 1.29 is 14.3 Å². The average molecular weight is 354 g/mol. The van der Waals surface area contributed by atoms with Crippen molar-refractivity contribution in [3.8, 4) is 5.75 Å². The summed E-state index contributed by atoms with van der Waals surface area (Å²) in [5.41, 5.74) is 0. The Labute approximate surface area is 157 Å². The Kier molecular flexibility index (Phi) is 9.34. The van der Waals surface area contributed by atoms with Crippen LogP contribution in [0.25, 0.3) is 10.8 Å². The Morgan fingerprint density at radius 1 is 0.808 bits per heavy atom. The van der Waals surface area contributed by atoms with Crippen LogP contribution >= 0.6 is 0 Å². The van der Waals surface area contributed by atoms with Crippen LogP contribution in [-0.2, 0) is 9.53 Å². The average Bonchev–Trinajstić information content (AvgIpc) is 2.68. The molecule has 0 aliphatic heterocycles. The van der Waals surface area contributed by atoms with E-state index in [1.807, 2.05) is 0 Å². The second-order valence-electron chi connectivity index (χ2n) is 6.56. The van der Waals surface area contributed by atoms with Gasteiger partial charge in [-0.25, -0.2) is 4.79 Å². The van der Waals surface area contributed by atoms with Gasteiger partial charge in [0, 0.05) is 6.08 Å². The van der Waals surface area contributed by atoms with E-state index >= 15 is 0 Å². The molecule has 0 amide bonds. The number of hydrogen-bond donors (Lipinski definition) is 0. The van der Waals surface area contributed by atoms with E-state index in [0.29, 0.717) is 6.61 Å². The molecule has 3 nitrogen and oxygen atoms in total. The highest BCUT2D eigenvalue weighted by atomic mass is 16.5. The van der Waals surface area contributed by atoms with Gasteiger partial charge in [-0.3, -0.25) is 0 Å². The number of unbranched alkanes of at least 4 members (excludes halogenated alkanes) is 7. The molecule has 0 saturated heterocycles. The zero-order valence-electron chi connectivity index (χ0n) is 15.6. The molecule has 0 N–H and O–H groups in total. The van der Waals surface area contributed by atoms with Crippen LogP contribution in [-0.4, -0.2) is 19.2 Å². The molecule has 0 spiro atoms. The normalized spacial score (nSPS) is 10.6. The number of ether oxygens (including phenoxy) is 2. The zero-order chi connectivity index (χ0) is 18.5. The van der Waals surface area contributed by atoms with E-state index in [4.69, 9.17) is 9.47 Å². The standard InChI is InChI=1S/C23H30O3/c1-2-23(24)26-18-12-8-6-4-3-5-7-11-17-25-22-16-15-20-13-9-10-14-21(20)19-22/h2,9-10,13-16,19H,1,3-8,11-12,17-18H2. The minimum atomic E-state index is -0.323. The van der Waals surface area contributed by atoms with Gasteiger partial charge >= 0.3 is 5.97 Å². The fourth-order valence-corrected chi connectivity index (χ4v) is 2.94. The molecule has 0 aliphatic carbocycles. The predicted octanol–water partition coefficient (Wildman–Crippen LogP) is 6.07. The lowest BCUT2D eigenvalue weighted by molar-refractivity contribution is -0.137. The number of carbonyl (C=O) groups is 1. The molecule has 0 unspecified atom stereocenters. The molecule has 0 bridgehead atoms. The summed E-state index contributed by atoms with van der Waals surface area (Å²) in [6.07, 6.45) is 10.6. The van der Waals surface area contributed by atoms with Gasteiger partial charge in [-0.05, 0) is 35.7 Å². The summed E-state index contributed by atoms with van der Waals surface area (Å²) in [5.74, 6) is 0.636. The van der Waals surface area contributed by atoms with Crippen LogP contribution < -0.4 is 4.74 Å². The van der Waals surface area contributed by atoms with Crippen LogP contribution in [0, 0.1) is 0 Å². The van der Waals surface area contributed by atoms with Crippen molar-refractivity contribution in [2.24, 2.45) is 0 Å². The lowest BCUT2D eigenvalue weighted by Crippen LogP contribution is -2.01. The molecule has 0 saturated carbocycles. The maximum atomic E-state index is 10.9. The molecule has 3 heteroatoms. The summed E-state index contributed by atoms with van der Waals surface area (Å²) in [6.45, 7) is 4.67. The van der Waals surface area contributed by atoms with Gasteiger partial charge in [-0.15, -0.1) is 0 Å². The van der Waals surface area contributed by atoms with Gasteiger partial charge < -0.3 is 9.47 Å². The van der Waals surface area contributed by atoms with Crippen LogP contribution in [0.1, 0.15) is 51.4 Å². The van der Waals surface area contributed by atoms with Gasteiger partial charge in [0.05, 0.1) is 13.2 Å². The fourth-order valence-electron chi connectivity index (χ4n) is 2.94. The highest BCUT2D eigenvalue weighted by Crippen LogP contribution is 2.20. The summed E-state index contributed by atoms with van der Waals surface area (Å²) in [5, 5.41) is 2.47. The third-order valence-corrected chi connectivity index (χ3v) is 4.44. The fraction of sp³-hybridized carbons (Fsp3) is 0.435. The number of fused-ring (bicyclic) bond motifs is 1. The predicted molar refractivity (Wildman–Crippen MR) is 108 cm³/mol. The van der Waals surface area contributed by atoms with Crippen molar-refractivity contribution in [2.45, 2.75) is 51.4 Å². The lowest BCUT2D eigenvalue weighted by Gasteiger charge is -2.07. The Balaban J connectivity index is 1.43. The van der Waals surface area contributed by atoms with E-state index in [1.165, 1.54) is 49.0 Å². The number of esters is 1. The SMILES string of the molecule is C=CC(=O)OCCCCCCCCCCOc1ccc2ccccc2c1. The summed E-state index contributed by atoms with van der Waals surface area (Å²) >= 11 is 0. The first-order chi connectivity index (χ1) is 12.8. The molecular formula is C23H30O3. The number of rotatable bonds is 13. The van der Waals surface area contributed by atoms with E-state index < -0.39 is 0 Å². The van der Waals surface area contributed by atoms with Crippen molar-refractivity contribution in [3.05, 3.63) is 55.1 Å². The largest absolute Gasteiger partial charge is 0.494 e. The van der Waals surface area contributed by atoms with Gasteiger partial charge in [-0.2, -0.15) is 0 Å². The van der Waals surface area contributed by atoms with Crippen molar-refractivity contribution in [1.29, 1.82) is 0 Å². The molecule has 0 radical (unpaired) electrons. The van der Waals surface area contributed by atoms with Crippen molar-refractivity contribution in [3.63, 3.8) is 0 Å². The molecule has 0 fully saturated rings. The van der Waals surface area contributed by atoms with Gasteiger partial charge in [0.25, 0.3) is 0 Å². The summed E-state index contributed by atoms with van der Waals surface area (Å²) in [6, 6.07) is 14.6. The van der Waals surface area contributed by atoms with Crippen molar-refractivity contribution in [1.82, 2.24) is 0 Å². The number of hydrogen-bond acceptors (Lipinski definition) is 3. The highest BCUT2D eigenvalue weighted by molar-refractivity contribution is 5.83. The van der Waals surface area contributed by atoms with E-state index in [1.54, 1.807) is 0 Å². The van der Waals surface area contributed by atoms with Crippen molar-refractivity contribution in [2.75, 3.05) is 13.2 Å². The van der Waals surface area contributed by atoms with Gasteiger partial charge in [-0.1, -0.05) is 75.4 Å². The molecule has 0 aromatic heterocycles. The van der Waals surface area contributed by atoms with Crippen LogP contribution in [0.3, 0.4) is 0 Å². The second kappa shape index (κ2) is 12.1. The Bertz CT molecular complexity index is 678. The summed E-state index contributed by atoms with van der Waals surface area (Å²) in [7, 11) is 0. The van der Waals surface area contributed by atoms with Crippen LogP contribution in [0.15, 0.2) is 55.1 Å². The molecule has 2 rings (SSSR count). The summed E-state index contributed by atoms with van der Waals surface area (Å²) < 4.78 is 10.8. The molecule has 2 aromatic rings. The smallest absolute Gasteiger partial charge is 0.330 e. The van der Waals surface area contributed by atoms with Crippen LogP contribution in [0.2, 0.25) is 0 Å². The minimum absolute atomic E-state index is 0.323. The maximum absolute atomic E-state index is 10.9. The third kappa shape index (κ3) is 7.73. The highest BCUT2D eigenvalue weighted by Gasteiger charge is 1.98. The van der Waals surface area contributed by atoms with E-state index in [0.717, 1.165) is 31.6 Å². The minimum Gasteiger partial charge on any atom is -0.494 e. The first-order valence-corrected chi connectivity index (χ1v) is 9.70. The van der Waals surface area contributed by atoms with Gasteiger partial charge in [0.1, 0.15) is 5.75 Å². The molecule has 0 heterocycles. The molecule has 0 atom stereocenters. The van der Waals surface area contributed by atoms with Crippen molar-refractivity contribution >= 4 is 16.7 Å². The van der Waals surface area contributed by atoms with E-state index in [2.05, 4.69) is 49.0 Å². The number of carbonyl (C=O) groups excluding carboxylic acids is 1. The van der Waals surface area contributed by atoms with E-state index in [9.17, 15) is 4.79 Å². The first kappa shape index (κ1) is 20.0. The molecular weight excluding hydrogens is 324 g/mol. The molecule has 2 aromatic carbocycles. The monoisotopic (exact) mass is 354 g/mol. The van der Waals surface area contributed by atoms with Crippen LogP contribution in [0.4, 0.5) is 0 Å². The maximum Gasteiger partial charge on any atom is 0.330 e. The second-order valence-corrected chi connectivity index (χ2v) is 6.56. The lowest BCUT2D eigenvalue weighted by atomic mass is 10.1. The Morgan fingerprint density at radius 2 is 1.42 bits per heavy atom. The van der Waals surface area contributed by atoms with E-state index in [-0.39, 0.29) is 5.97 Å². The molecule has 140 valence electrons. The Hall–Kier alpha value is -2.29. The topological polar surface area (TPSA) is 35.5 Å². The first-order valence-electron chi connectivity index (χ1n) is 9.70. The summed E-state index contributed by atoms with van der Waals surface area (Å²) in [4.78, 5) is 10.9. The zero-order valence-corrected chi connectivity index (χ0v) is 15.6. The van der Waals surface area contributed by atoms with Gasteiger partial charge in [0.2, 0.25) is 0 Å².